The van der Waals surface area contributed by atoms with E-state index in [2.05, 4.69) is 0 Å². The first-order chi connectivity index (χ1) is 20.5. The molecule has 4 aromatic carbocycles. The molecule has 5 rings (SSSR count). The largest absolute Gasteiger partial charge is 0.461 e. The van der Waals surface area contributed by atoms with Gasteiger partial charge in [-0.3, -0.25) is 0 Å². The van der Waals surface area contributed by atoms with Crippen LogP contribution in [-0.2, 0) is 18.9 Å². The first kappa shape index (κ1) is 28.6. The van der Waals surface area contributed by atoms with Crippen LogP contribution in [0, 0.1) is 0 Å². The van der Waals surface area contributed by atoms with Gasteiger partial charge in [0.1, 0.15) is 6.61 Å². The van der Waals surface area contributed by atoms with Crippen molar-refractivity contribution in [3.63, 3.8) is 0 Å². The highest BCUT2D eigenvalue weighted by Crippen LogP contribution is 2.40. The highest BCUT2D eigenvalue weighted by atomic mass is 32.2. The molecule has 1 heterocycles. The van der Waals surface area contributed by atoms with Crippen molar-refractivity contribution in [2.75, 3.05) is 6.61 Å². The van der Waals surface area contributed by atoms with Crippen molar-refractivity contribution < 1.29 is 38.1 Å². The Kier molecular flexibility index (Phi) is 9.30. The molecule has 4 aromatic rings. The molecular formula is C33H26O8S. The Morgan fingerprint density at radius 2 is 0.833 bits per heavy atom. The number of esters is 4. The highest BCUT2D eigenvalue weighted by molar-refractivity contribution is 8.00. The molecule has 8 nitrogen and oxygen atoms in total. The van der Waals surface area contributed by atoms with Gasteiger partial charge in [0.2, 0.25) is 0 Å². The van der Waals surface area contributed by atoms with Gasteiger partial charge in [0.25, 0.3) is 0 Å². The Labute approximate surface area is 246 Å². The van der Waals surface area contributed by atoms with Crippen LogP contribution >= 0.6 is 11.8 Å². The lowest BCUT2D eigenvalue weighted by atomic mass is 10.1. The summed E-state index contributed by atoms with van der Waals surface area (Å²) in [4.78, 5) is 52.1. The van der Waals surface area contributed by atoms with E-state index in [4.69, 9.17) is 18.9 Å². The van der Waals surface area contributed by atoms with Crippen molar-refractivity contribution in [3.8, 4) is 0 Å². The Balaban J connectivity index is 1.43. The lowest BCUT2D eigenvalue weighted by molar-refractivity contribution is -0.0607. The highest BCUT2D eigenvalue weighted by Gasteiger charge is 2.52. The van der Waals surface area contributed by atoms with E-state index in [9.17, 15) is 19.2 Å². The number of ether oxygens (including phenoxy) is 4. The SMILES string of the molecule is O=C(OC[C@@H]1SC(OC(=O)c2ccccc2)[C@@H](OC(=O)c2ccccc2)[C@H]1OC(=O)c1ccccc1)c1ccccc1. The summed E-state index contributed by atoms with van der Waals surface area (Å²) in [6, 6.07) is 33.4. The average molecular weight is 583 g/mol. The lowest BCUT2D eigenvalue weighted by Crippen LogP contribution is -2.42. The van der Waals surface area contributed by atoms with Crippen molar-refractivity contribution in [2.45, 2.75) is 22.9 Å². The summed E-state index contributed by atoms with van der Waals surface area (Å²) < 4.78 is 23.1. The van der Waals surface area contributed by atoms with Gasteiger partial charge in [0.05, 0.1) is 27.5 Å². The van der Waals surface area contributed by atoms with Gasteiger partial charge in [-0.15, -0.1) is 11.8 Å². The van der Waals surface area contributed by atoms with Crippen LogP contribution in [-0.4, -0.2) is 53.4 Å². The summed E-state index contributed by atoms with van der Waals surface area (Å²) in [6.45, 7) is -0.204. The number of benzene rings is 4. The van der Waals surface area contributed by atoms with E-state index in [-0.39, 0.29) is 17.7 Å². The molecule has 1 fully saturated rings. The molecule has 1 aliphatic rings. The number of carbonyl (C=O) groups excluding carboxylic acids is 4. The third-order valence-electron chi connectivity index (χ3n) is 6.39. The number of thioether (sulfide) groups is 1. The number of hydrogen-bond acceptors (Lipinski definition) is 9. The minimum Gasteiger partial charge on any atom is -0.461 e. The maximum absolute atomic E-state index is 13.2. The maximum atomic E-state index is 13.2. The van der Waals surface area contributed by atoms with Crippen LogP contribution in [0.2, 0.25) is 0 Å². The second-order valence-electron chi connectivity index (χ2n) is 9.25. The minimum absolute atomic E-state index is 0.204. The topological polar surface area (TPSA) is 105 Å². The molecule has 0 radical (unpaired) electrons. The summed E-state index contributed by atoms with van der Waals surface area (Å²) in [5.74, 6) is -2.59. The van der Waals surface area contributed by atoms with Gasteiger partial charge in [0.15, 0.2) is 17.6 Å². The fourth-order valence-corrected chi connectivity index (χ4v) is 5.65. The van der Waals surface area contributed by atoms with E-state index < -0.39 is 46.8 Å². The molecule has 9 heteroatoms. The van der Waals surface area contributed by atoms with Crippen LogP contribution in [0.25, 0.3) is 0 Å². The molecule has 1 unspecified atom stereocenters. The summed E-state index contributed by atoms with van der Waals surface area (Å²) in [6.07, 6.45) is -2.32. The quantitative estimate of drug-likeness (QED) is 0.184. The second-order valence-corrected chi connectivity index (χ2v) is 10.6. The predicted molar refractivity (Wildman–Crippen MR) is 155 cm³/mol. The summed E-state index contributed by atoms with van der Waals surface area (Å²) in [5.41, 5.74) is 0.114. The first-order valence-electron chi connectivity index (χ1n) is 13.2. The number of rotatable bonds is 9. The fraction of sp³-hybridized carbons (Fsp3) is 0.152. The van der Waals surface area contributed by atoms with Gasteiger partial charge in [0, 0.05) is 0 Å². The van der Waals surface area contributed by atoms with E-state index in [1.165, 1.54) is 0 Å². The molecule has 42 heavy (non-hydrogen) atoms. The fourth-order valence-electron chi connectivity index (χ4n) is 4.28. The van der Waals surface area contributed by atoms with Gasteiger partial charge in [-0.25, -0.2) is 19.2 Å². The van der Waals surface area contributed by atoms with Gasteiger partial charge >= 0.3 is 23.9 Å². The molecule has 0 spiro atoms. The predicted octanol–water partition coefficient (Wildman–Crippen LogP) is 5.59. The van der Waals surface area contributed by atoms with Crippen LogP contribution in [0.4, 0.5) is 0 Å². The lowest BCUT2D eigenvalue weighted by Gasteiger charge is -2.25. The van der Waals surface area contributed by atoms with E-state index in [0.29, 0.717) is 11.1 Å². The van der Waals surface area contributed by atoms with Gasteiger partial charge in [-0.05, 0) is 48.5 Å². The molecule has 0 N–H and O–H groups in total. The van der Waals surface area contributed by atoms with Crippen molar-refractivity contribution in [3.05, 3.63) is 144 Å². The zero-order valence-corrected chi connectivity index (χ0v) is 23.1. The van der Waals surface area contributed by atoms with Crippen molar-refractivity contribution >= 4 is 35.6 Å². The Morgan fingerprint density at radius 1 is 0.476 bits per heavy atom. The summed E-state index contributed by atoms with van der Waals surface area (Å²) >= 11 is 1.09. The molecule has 212 valence electrons. The van der Waals surface area contributed by atoms with Crippen LogP contribution in [0.5, 0.6) is 0 Å². The normalized spacial score (nSPS) is 19.3. The number of hydrogen-bond donors (Lipinski definition) is 0. The van der Waals surface area contributed by atoms with Crippen LogP contribution in [0.3, 0.4) is 0 Å². The van der Waals surface area contributed by atoms with E-state index in [1.54, 1.807) is 121 Å². The van der Waals surface area contributed by atoms with E-state index >= 15 is 0 Å². The third kappa shape index (κ3) is 7.05. The molecule has 0 aliphatic carbocycles. The first-order valence-corrected chi connectivity index (χ1v) is 14.1. The zero-order chi connectivity index (χ0) is 29.3. The second kappa shape index (κ2) is 13.6. The van der Waals surface area contributed by atoms with Crippen molar-refractivity contribution in [1.29, 1.82) is 0 Å². The van der Waals surface area contributed by atoms with Crippen LogP contribution in [0.1, 0.15) is 41.4 Å². The van der Waals surface area contributed by atoms with Crippen molar-refractivity contribution in [1.82, 2.24) is 0 Å². The molecule has 1 aliphatic heterocycles. The third-order valence-corrected chi connectivity index (χ3v) is 7.78. The van der Waals surface area contributed by atoms with Crippen LogP contribution < -0.4 is 0 Å². The van der Waals surface area contributed by atoms with Crippen LogP contribution in [0.15, 0.2) is 121 Å². The summed E-state index contributed by atoms with van der Waals surface area (Å²) in [5, 5.41) is -0.729. The smallest absolute Gasteiger partial charge is 0.339 e. The van der Waals surface area contributed by atoms with E-state index in [0.717, 1.165) is 11.8 Å². The Bertz CT molecular complexity index is 1510. The zero-order valence-electron chi connectivity index (χ0n) is 22.2. The van der Waals surface area contributed by atoms with Gasteiger partial charge < -0.3 is 18.9 Å². The number of carbonyl (C=O) groups is 4. The van der Waals surface area contributed by atoms with E-state index in [1.807, 2.05) is 0 Å². The molecule has 0 amide bonds. The molecule has 0 bridgehead atoms. The van der Waals surface area contributed by atoms with Crippen molar-refractivity contribution in [2.24, 2.45) is 0 Å². The van der Waals surface area contributed by atoms with Gasteiger partial charge in [-0.2, -0.15) is 0 Å². The Hall–Kier alpha value is -4.89. The Morgan fingerprint density at radius 3 is 1.26 bits per heavy atom. The molecule has 4 atom stereocenters. The molecular weight excluding hydrogens is 556 g/mol. The maximum Gasteiger partial charge on any atom is 0.339 e. The monoisotopic (exact) mass is 582 g/mol. The van der Waals surface area contributed by atoms with Gasteiger partial charge in [-0.1, -0.05) is 72.8 Å². The standard InChI is InChI=1S/C33H26O8S/c34-29(22-13-5-1-6-14-22)38-21-26-27(39-30(35)23-15-7-2-8-16-23)28(40-31(36)24-17-9-3-10-18-24)33(42-26)41-32(37)25-19-11-4-12-20-25/h1-20,26-28,33H,21H2/t26-,27-,28-,33?/m0/s1. The average Bonchev–Trinajstić information content (AvgIpc) is 3.35. The molecule has 1 saturated heterocycles. The summed E-state index contributed by atoms with van der Waals surface area (Å²) in [7, 11) is 0. The molecule has 0 aromatic heterocycles. The minimum atomic E-state index is -1.21. The molecule has 0 saturated carbocycles.